The van der Waals surface area contributed by atoms with Crippen molar-refractivity contribution in [3.8, 4) is 11.8 Å². The van der Waals surface area contributed by atoms with E-state index in [9.17, 15) is 14.7 Å². The van der Waals surface area contributed by atoms with Crippen LogP contribution in [0.1, 0.15) is 97.6 Å². The molecule has 1 aromatic carbocycles. The highest BCUT2D eigenvalue weighted by atomic mass is 16.5. The molecular weight excluding hydrogens is 540 g/mol. The molecule has 2 fully saturated rings. The Morgan fingerprint density at radius 3 is 2.47 bits per heavy atom. The molecule has 0 radical (unpaired) electrons. The van der Waals surface area contributed by atoms with Crippen molar-refractivity contribution in [1.82, 2.24) is 15.2 Å². The van der Waals surface area contributed by atoms with Crippen molar-refractivity contribution in [2.45, 2.75) is 91.8 Å². The third-order valence-corrected chi connectivity index (χ3v) is 8.79. The van der Waals surface area contributed by atoms with Crippen LogP contribution in [0.4, 0.5) is 5.69 Å². The molecule has 43 heavy (non-hydrogen) atoms. The topological polar surface area (TPSA) is 97.9 Å². The number of anilines is 1. The Hall–Kier alpha value is -3.12. The van der Waals surface area contributed by atoms with E-state index in [4.69, 9.17) is 4.74 Å². The first-order chi connectivity index (χ1) is 20.6. The predicted octanol–water partition coefficient (Wildman–Crippen LogP) is 4.49. The molecular formula is C35H50N4O4. The largest absolute Gasteiger partial charge is 0.392 e. The van der Waals surface area contributed by atoms with Crippen LogP contribution in [-0.4, -0.2) is 72.4 Å². The zero-order chi connectivity index (χ0) is 31.1. The highest BCUT2D eigenvalue weighted by Gasteiger charge is 2.25. The maximum atomic E-state index is 13.8. The van der Waals surface area contributed by atoms with E-state index in [1.54, 1.807) is 0 Å². The second-order valence-corrected chi connectivity index (χ2v) is 12.5. The molecule has 0 bridgehead atoms. The lowest BCUT2D eigenvalue weighted by atomic mass is 9.95. The molecule has 8 heteroatoms. The number of aliphatic hydroxyl groups is 1. The van der Waals surface area contributed by atoms with Crippen molar-refractivity contribution in [2.24, 2.45) is 5.92 Å². The number of β-amino-alcohol motifs (C(OH)–C–C–N with tert-alkyl or cyclic N) is 1. The number of aromatic amines is 1. The summed E-state index contributed by atoms with van der Waals surface area (Å²) in [6.07, 6.45) is 3.52. The number of amides is 1. The number of carbonyl (C=O) groups excluding carboxylic acids is 1. The fraction of sp³-hybridized carbons (Fsp3) is 0.600. The number of piperidine rings is 1. The lowest BCUT2D eigenvalue weighted by Crippen LogP contribution is -2.40. The number of likely N-dealkylation sites (tertiary alicyclic amines) is 1. The zero-order valence-electron chi connectivity index (χ0n) is 26.9. The normalized spacial score (nSPS) is 17.4. The molecule has 1 atom stereocenters. The van der Waals surface area contributed by atoms with Gasteiger partial charge < -0.3 is 29.9 Å². The number of nitrogens with one attached hydrogen (secondary N) is 2. The summed E-state index contributed by atoms with van der Waals surface area (Å²) in [4.78, 5) is 34.2. The van der Waals surface area contributed by atoms with E-state index in [2.05, 4.69) is 58.8 Å². The van der Waals surface area contributed by atoms with E-state index in [1.807, 2.05) is 32.9 Å². The van der Waals surface area contributed by atoms with Gasteiger partial charge in [-0.1, -0.05) is 25.7 Å². The summed E-state index contributed by atoms with van der Waals surface area (Å²) >= 11 is 0. The second-order valence-electron chi connectivity index (χ2n) is 12.5. The Kier molecular flexibility index (Phi) is 11.5. The van der Waals surface area contributed by atoms with Gasteiger partial charge in [-0.05, 0) is 102 Å². The lowest BCUT2D eigenvalue weighted by Gasteiger charge is -2.36. The molecule has 2 saturated heterocycles. The number of aromatic nitrogens is 1. The van der Waals surface area contributed by atoms with Gasteiger partial charge in [-0.25, -0.2) is 0 Å². The number of pyridine rings is 1. The number of hydrogen-bond donors (Lipinski definition) is 3. The summed E-state index contributed by atoms with van der Waals surface area (Å²) < 4.78 is 5.64. The van der Waals surface area contributed by atoms with Gasteiger partial charge in [-0.15, -0.1) is 0 Å². The summed E-state index contributed by atoms with van der Waals surface area (Å²) in [6, 6.07) is 6.39. The number of rotatable bonds is 9. The highest BCUT2D eigenvalue weighted by molar-refractivity contribution is 5.97. The Balaban J connectivity index is 1.63. The van der Waals surface area contributed by atoms with Gasteiger partial charge in [0, 0.05) is 72.9 Å². The third-order valence-electron chi connectivity index (χ3n) is 8.79. The summed E-state index contributed by atoms with van der Waals surface area (Å²) in [5.41, 5.74) is 5.59. The molecule has 8 nitrogen and oxygen atoms in total. The fourth-order valence-corrected chi connectivity index (χ4v) is 6.45. The van der Waals surface area contributed by atoms with E-state index in [-0.39, 0.29) is 36.0 Å². The van der Waals surface area contributed by atoms with E-state index in [0.29, 0.717) is 23.7 Å². The van der Waals surface area contributed by atoms with E-state index >= 15 is 0 Å². The molecule has 0 aliphatic carbocycles. The molecule has 3 N–H and O–H groups in total. The summed E-state index contributed by atoms with van der Waals surface area (Å²) in [5, 5.41) is 12.8. The van der Waals surface area contributed by atoms with Crippen molar-refractivity contribution in [3.63, 3.8) is 0 Å². The molecule has 2 aliphatic rings. The van der Waals surface area contributed by atoms with Gasteiger partial charge >= 0.3 is 0 Å². The van der Waals surface area contributed by atoms with Gasteiger partial charge in [0.2, 0.25) is 0 Å². The van der Waals surface area contributed by atoms with Crippen molar-refractivity contribution < 1.29 is 14.6 Å². The van der Waals surface area contributed by atoms with Crippen molar-refractivity contribution in [1.29, 1.82) is 0 Å². The van der Waals surface area contributed by atoms with Crippen LogP contribution in [0.15, 0.2) is 23.0 Å². The van der Waals surface area contributed by atoms with Gasteiger partial charge in [0.05, 0.1) is 6.10 Å². The van der Waals surface area contributed by atoms with Crippen LogP contribution < -0.4 is 15.8 Å². The fourth-order valence-electron chi connectivity index (χ4n) is 6.45. The number of H-pyrrole nitrogens is 1. The molecule has 3 heterocycles. The van der Waals surface area contributed by atoms with Crippen LogP contribution in [-0.2, 0) is 11.3 Å². The van der Waals surface area contributed by atoms with E-state index in [0.717, 1.165) is 86.6 Å². The number of hydrogen-bond acceptors (Lipinski definition) is 6. The SMILES string of the molecule is CCN(c1cc(C#CC2CCN(C[C@@H](C)O)CC2)cc(C(=O)NCc2c(C(C)C)cc(C)[nH]c2=O)c1C)C1CCOCC1. The van der Waals surface area contributed by atoms with Crippen LogP contribution >= 0.6 is 0 Å². The molecule has 2 aliphatic heterocycles. The smallest absolute Gasteiger partial charge is 0.253 e. The first-order valence-corrected chi connectivity index (χ1v) is 16.0. The van der Waals surface area contributed by atoms with Gasteiger partial charge in [0.25, 0.3) is 11.5 Å². The molecule has 1 aromatic heterocycles. The van der Waals surface area contributed by atoms with Gasteiger partial charge in [-0.2, -0.15) is 0 Å². The second kappa shape index (κ2) is 15.1. The first-order valence-electron chi connectivity index (χ1n) is 16.0. The quantitative estimate of drug-likeness (QED) is 0.373. The van der Waals surface area contributed by atoms with Crippen molar-refractivity contribution in [3.05, 3.63) is 62.1 Å². The average molecular weight is 591 g/mol. The van der Waals surface area contributed by atoms with E-state index in [1.165, 1.54) is 0 Å². The molecule has 4 rings (SSSR count). The van der Waals surface area contributed by atoms with Crippen LogP contribution in [0.5, 0.6) is 0 Å². The molecule has 0 saturated carbocycles. The maximum absolute atomic E-state index is 13.8. The van der Waals surface area contributed by atoms with E-state index < -0.39 is 0 Å². The number of benzene rings is 1. The Bertz CT molecular complexity index is 1370. The van der Waals surface area contributed by atoms with Crippen LogP contribution in [0, 0.1) is 31.6 Å². The Labute approximate surface area is 257 Å². The monoisotopic (exact) mass is 590 g/mol. The third kappa shape index (κ3) is 8.50. The van der Waals surface area contributed by atoms with Crippen molar-refractivity contribution in [2.75, 3.05) is 44.3 Å². The van der Waals surface area contributed by atoms with Crippen LogP contribution in [0.3, 0.4) is 0 Å². The molecule has 0 unspecified atom stereocenters. The minimum Gasteiger partial charge on any atom is -0.392 e. The first kappa shape index (κ1) is 32.8. The van der Waals surface area contributed by atoms with Crippen LogP contribution in [0.25, 0.3) is 0 Å². The molecule has 0 spiro atoms. The van der Waals surface area contributed by atoms with Crippen molar-refractivity contribution >= 4 is 11.6 Å². The number of ether oxygens (including phenoxy) is 1. The highest BCUT2D eigenvalue weighted by Crippen LogP contribution is 2.30. The van der Waals surface area contributed by atoms with Crippen LogP contribution in [0.2, 0.25) is 0 Å². The lowest BCUT2D eigenvalue weighted by molar-refractivity contribution is 0.0845. The Morgan fingerprint density at radius 1 is 1.14 bits per heavy atom. The average Bonchev–Trinajstić information content (AvgIpc) is 2.97. The Morgan fingerprint density at radius 2 is 1.84 bits per heavy atom. The maximum Gasteiger partial charge on any atom is 0.253 e. The van der Waals surface area contributed by atoms with Gasteiger partial charge in [0.1, 0.15) is 0 Å². The predicted molar refractivity (Wildman–Crippen MR) is 173 cm³/mol. The summed E-state index contributed by atoms with van der Waals surface area (Å²) in [5.74, 6) is 7.17. The van der Waals surface area contributed by atoms with Gasteiger partial charge in [0.15, 0.2) is 0 Å². The number of nitrogens with zero attached hydrogens (tertiary/aromatic N) is 2. The summed E-state index contributed by atoms with van der Waals surface area (Å²) in [6.45, 7) is 17.0. The molecule has 234 valence electrons. The number of aryl methyl sites for hydroxylation is 1. The zero-order valence-corrected chi connectivity index (χ0v) is 26.9. The number of carbonyl (C=O) groups is 1. The summed E-state index contributed by atoms with van der Waals surface area (Å²) in [7, 11) is 0. The number of aliphatic hydroxyl groups excluding tert-OH is 1. The van der Waals surface area contributed by atoms with Gasteiger partial charge in [-0.3, -0.25) is 9.59 Å². The minimum atomic E-state index is -0.322. The molecule has 2 aromatic rings. The molecule has 1 amide bonds. The standard InChI is InChI=1S/C35H50N4O4/c1-7-39(29-12-16-43-17-13-29)33-20-28(9-8-27-10-14-38(15-11-27)22-25(5)40)19-31(26(33)6)34(41)36-21-32-30(23(2)3)18-24(4)37-35(32)42/h18-20,23,25,27,29,40H,7,10-17,21-22H2,1-6H3,(H,36,41)(H,37,42)/t25-/m1/s1. The minimum absolute atomic E-state index is 0.155.